The fraction of sp³-hybridized carbons (Fsp3) is 0.0714. The number of rotatable bonds is 2. The first-order chi connectivity index (χ1) is 9.61. The molecule has 2 N–H and O–H groups in total. The van der Waals surface area contributed by atoms with Crippen LogP contribution in [0.2, 0.25) is 0 Å². The Hall–Kier alpha value is -2.63. The molecule has 0 aliphatic carbocycles. The molecule has 0 unspecified atom stereocenters. The highest BCUT2D eigenvalue weighted by Crippen LogP contribution is 2.27. The predicted octanol–water partition coefficient (Wildman–Crippen LogP) is 2.89. The average Bonchev–Trinajstić information content (AvgIpc) is 2.76. The Balaban J connectivity index is 2.27. The second kappa shape index (κ2) is 4.48. The van der Waals surface area contributed by atoms with Crippen LogP contribution >= 0.6 is 0 Å². The van der Waals surface area contributed by atoms with Crippen molar-refractivity contribution in [2.75, 3.05) is 12.8 Å². The van der Waals surface area contributed by atoms with E-state index in [4.69, 9.17) is 10.5 Å². The van der Waals surface area contributed by atoms with Gasteiger partial charge in [0.1, 0.15) is 5.52 Å². The van der Waals surface area contributed by atoms with Gasteiger partial charge < -0.3 is 10.5 Å². The van der Waals surface area contributed by atoms with Crippen LogP contribution < -0.4 is 10.5 Å². The molecule has 0 atom stereocenters. The summed E-state index contributed by atoms with van der Waals surface area (Å²) in [4.78, 5) is 3.97. The molecule has 6 heteroatoms. The van der Waals surface area contributed by atoms with Crippen molar-refractivity contribution in [1.29, 1.82) is 0 Å². The van der Waals surface area contributed by atoms with Gasteiger partial charge in [0.2, 0.25) is 5.95 Å². The highest BCUT2D eigenvalue weighted by Gasteiger charge is 2.14. The van der Waals surface area contributed by atoms with Crippen molar-refractivity contribution in [1.82, 2.24) is 9.55 Å². The third-order valence-corrected chi connectivity index (χ3v) is 3.06. The summed E-state index contributed by atoms with van der Waals surface area (Å²) in [6, 6.07) is 8.90. The highest BCUT2D eigenvalue weighted by atomic mass is 19.1. The maximum Gasteiger partial charge on any atom is 0.206 e. The van der Waals surface area contributed by atoms with Crippen molar-refractivity contribution in [3.63, 3.8) is 0 Å². The van der Waals surface area contributed by atoms with Crippen molar-refractivity contribution in [2.45, 2.75) is 0 Å². The van der Waals surface area contributed by atoms with Gasteiger partial charge >= 0.3 is 0 Å². The zero-order valence-corrected chi connectivity index (χ0v) is 10.6. The molecule has 0 saturated heterocycles. The number of hydrogen-bond acceptors (Lipinski definition) is 3. The summed E-state index contributed by atoms with van der Waals surface area (Å²) in [5, 5.41) is 0. The van der Waals surface area contributed by atoms with Gasteiger partial charge in [-0.2, -0.15) is 0 Å². The van der Waals surface area contributed by atoms with Crippen LogP contribution in [-0.4, -0.2) is 16.7 Å². The summed E-state index contributed by atoms with van der Waals surface area (Å²) in [5.74, 6) is -0.776. The predicted molar refractivity (Wildman–Crippen MR) is 72.0 cm³/mol. The van der Waals surface area contributed by atoms with Crippen molar-refractivity contribution >= 4 is 17.0 Å². The Labute approximate surface area is 113 Å². The fourth-order valence-corrected chi connectivity index (χ4v) is 2.15. The Morgan fingerprint density at radius 3 is 2.65 bits per heavy atom. The monoisotopic (exact) mass is 275 g/mol. The molecule has 0 radical (unpaired) electrons. The number of halogens is 2. The standard InChI is InChI=1S/C14H11F2N3O/c1-20-12-6-5-8(7-10(12)16)19-11-4-2-3-9(15)13(11)18-14(19)17/h2-7H,1H3,(H2,17,18). The third kappa shape index (κ3) is 1.77. The number of para-hydroxylation sites is 1. The number of anilines is 1. The zero-order chi connectivity index (χ0) is 14.3. The summed E-state index contributed by atoms with van der Waals surface area (Å²) in [5.41, 5.74) is 6.89. The van der Waals surface area contributed by atoms with Crippen LogP contribution in [0, 0.1) is 11.6 Å². The van der Waals surface area contributed by atoms with Crippen molar-refractivity contribution in [3.8, 4) is 11.4 Å². The summed E-state index contributed by atoms with van der Waals surface area (Å²) < 4.78 is 33.8. The zero-order valence-electron chi connectivity index (χ0n) is 10.6. The number of nitrogens with zero attached hydrogens (tertiary/aromatic N) is 2. The molecule has 0 saturated carbocycles. The molecule has 0 aliphatic heterocycles. The number of benzene rings is 2. The largest absolute Gasteiger partial charge is 0.494 e. The number of hydrogen-bond donors (Lipinski definition) is 1. The lowest BCUT2D eigenvalue weighted by atomic mass is 10.2. The first-order valence-corrected chi connectivity index (χ1v) is 5.88. The minimum Gasteiger partial charge on any atom is -0.494 e. The Morgan fingerprint density at radius 2 is 1.95 bits per heavy atom. The van der Waals surface area contributed by atoms with Gasteiger partial charge in [0, 0.05) is 6.07 Å². The van der Waals surface area contributed by atoms with E-state index in [-0.39, 0.29) is 17.2 Å². The number of ether oxygens (including phenoxy) is 1. The van der Waals surface area contributed by atoms with E-state index >= 15 is 0 Å². The third-order valence-electron chi connectivity index (χ3n) is 3.06. The SMILES string of the molecule is COc1ccc(-n2c(N)nc3c(F)cccc32)cc1F. The first kappa shape index (κ1) is 12.4. The molecule has 20 heavy (non-hydrogen) atoms. The molecule has 0 amide bonds. The lowest BCUT2D eigenvalue weighted by Gasteiger charge is -2.08. The van der Waals surface area contributed by atoms with Crippen LogP contribution in [0.15, 0.2) is 36.4 Å². The lowest BCUT2D eigenvalue weighted by Crippen LogP contribution is -2.01. The van der Waals surface area contributed by atoms with E-state index in [0.717, 1.165) is 0 Å². The Kier molecular flexibility index (Phi) is 2.78. The molecule has 4 nitrogen and oxygen atoms in total. The highest BCUT2D eigenvalue weighted by molar-refractivity contribution is 5.81. The van der Waals surface area contributed by atoms with Gasteiger partial charge in [-0.15, -0.1) is 0 Å². The molecular weight excluding hydrogens is 264 g/mol. The number of imidazole rings is 1. The van der Waals surface area contributed by atoms with E-state index < -0.39 is 11.6 Å². The summed E-state index contributed by atoms with van der Waals surface area (Å²) in [6.45, 7) is 0. The van der Waals surface area contributed by atoms with E-state index in [1.807, 2.05) is 0 Å². The van der Waals surface area contributed by atoms with Gasteiger partial charge in [-0.3, -0.25) is 4.57 Å². The van der Waals surface area contributed by atoms with E-state index in [2.05, 4.69) is 4.98 Å². The number of methoxy groups -OCH3 is 1. The van der Waals surface area contributed by atoms with Gasteiger partial charge in [-0.25, -0.2) is 13.8 Å². The van der Waals surface area contributed by atoms with Crippen LogP contribution in [0.5, 0.6) is 5.75 Å². The number of fused-ring (bicyclic) bond motifs is 1. The van der Waals surface area contributed by atoms with E-state index in [1.165, 1.54) is 29.9 Å². The topological polar surface area (TPSA) is 53.1 Å². The maximum atomic E-state index is 13.8. The first-order valence-electron chi connectivity index (χ1n) is 5.88. The molecule has 0 fully saturated rings. The molecular formula is C14H11F2N3O. The second-order valence-corrected chi connectivity index (χ2v) is 4.23. The van der Waals surface area contributed by atoms with E-state index in [1.54, 1.807) is 18.2 Å². The molecule has 1 aromatic heterocycles. The molecule has 2 aromatic carbocycles. The number of aromatic nitrogens is 2. The quantitative estimate of drug-likeness (QED) is 0.782. The molecule has 3 aromatic rings. The fourth-order valence-electron chi connectivity index (χ4n) is 2.15. The van der Waals surface area contributed by atoms with Crippen molar-refractivity contribution in [3.05, 3.63) is 48.0 Å². The number of nitrogens with two attached hydrogens (primary N) is 1. The van der Waals surface area contributed by atoms with Gasteiger partial charge in [0.05, 0.1) is 18.3 Å². The molecule has 0 spiro atoms. The Morgan fingerprint density at radius 1 is 1.15 bits per heavy atom. The summed E-state index contributed by atoms with van der Waals surface area (Å²) in [6.07, 6.45) is 0. The molecule has 0 bridgehead atoms. The second-order valence-electron chi connectivity index (χ2n) is 4.23. The molecule has 102 valence electrons. The summed E-state index contributed by atoms with van der Waals surface area (Å²) in [7, 11) is 1.38. The van der Waals surface area contributed by atoms with Crippen LogP contribution in [0.25, 0.3) is 16.7 Å². The average molecular weight is 275 g/mol. The van der Waals surface area contributed by atoms with Crippen molar-refractivity contribution in [2.24, 2.45) is 0 Å². The minimum absolute atomic E-state index is 0.0923. The van der Waals surface area contributed by atoms with E-state index in [9.17, 15) is 8.78 Å². The van der Waals surface area contributed by atoms with Gasteiger partial charge in [0.25, 0.3) is 0 Å². The van der Waals surface area contributed by atoms with Crippen LogP contribution in [0.1, 0.15) is 0 Å². The lowest BCUT2D eigenvalue weighted by molar-refractivity contribution is 0.386. The van der Waals surface area contributed by atoms with Gasteiger partial charge in [-0.05, 0) is 24.3 Å². The molecule has 0 aliphatic rings. The van der Waals surface area contributed by atoms with Gasteiger partial charge in [0.15, 0.2) is 17.4 Å². The van der Waals surface area contributed by atoms with Gasteiger partial charge in [-0.1, -0.05) is 6.07 Å². The Bertz CT molecular complexity index is 798. The van der Waals surface area contributed by atoms with Crippen LogP contribution in [0.3, 0.4) is 0 Å². The molecule has 1 heterocycles. The maximum absolute atomic E-state index is 13.8. The summed E-state index contributed by atoms with van der Waals surface area (Å²) >= 11 is 0. The molecule has 3 rings (SSSR count). The number of nitrogen functional groups attached to an aromatic ring is 1. The normalized spacial score (nSPS) is 10.9. The smallest absolute Gasteiger partial charge is 0.206 e. The van der Waals surface area contributed by atoms with Crippen LogP contribution in [-0.2, 0) is 0 Å². The van der Waals surface area contributed by atoms with Crippen molar-refractivity contribution < 1.29 is 13.5 Å². The minimum atomic E-state index is -0.525. The van der Waals surface area contributed by atoms with E-state index in [0.29, 0.717) is 11.2 Å². The van der Waals surface area contributed by atoms with Crippen LogP contribution in [0.4, 0.5) is 14.7 Å².